The third-order valence-corrected chi connectivity index (χ3v) is 4.64. The van der Waals surface area contributed by atoms with Gasteiger partial charge < -0.3 is 19.9 Å². The second-order valence-corrected chi connectivity index (χ2v) is 6.81. The van der Waals surface area contributed by atoms with E-state index in [1.807, 2.05) is 0 Å². The van der Waals surface area contributed by atoms with Crippen LogP contribution in [0.5, 0.6) is 11.5 Å². The van der Waals surface area contributed by atoms with Gasteiger partial charge in [-0.25, -0.2) is 0 Å². The van der Waals surface area contributed by atoms with Crippen LogP contribution in [0.2, 0.25) is 15.1 Å². The summed E-state index contributed by atoms with van der Waals surface area (Å²) in [5.74, 6) is 0.00528. The Kier molecular flexibility index (Phi) is 7.41. The lowest BCUT2D eigenvalue weighted by Gasteiger charge is -2.15. The summed E-state index contributed by atoms with van der Waals surface area (Å²) in [7, 11) is 1.52. The molecule has 140 valence electrons. The van der Waals surface area contributed by atoms with Crippen LogP contribution in [-0.2, 0) is 17.9 Å². The Hall–Kier alpha value is -1.66. The second-order valence-electron chi connectivity index (χ2n) is 5.56. The van der Waals surface area contributed by atoms with Crippen LogP contribution in [0.4, 0.5) is 0 Å². The molecule has 0 saturated carbocycles. The van der Waals surface area contributed by atoms with E-state index < -0.39 is 12.0 Å². The molecule has 8 heteroatoms. The second kappa shape index (κ2) is 9.33. The molecule has 0 aliphatic carbocycles. The summed E-state index contributed by atoms with van der Waals surface area (Å²) < 4.78 is 11.1. The number of hydrogen-bond acceptors (Lipinski definition) is 4. The van der Waals surface area contributed by atoms with Gasteiger partial charge in [-0.2, -0.15) is 0 Å². The molecule has 0 amide bonds. The number of carboxylic acids is 1. The summed E-state index contributed by atoms with van der Waals surface area (Å²) >= 11 is 18.3. The van der Waals surface area contributed by atoms with Gasteiger partial charge >= 0.3 is 5.97 Å². The van der Waals surface area contributed by atoms with E-state index >= 15 is 0 Å². The SMILES string of the molecule is COc1cc(CNC(C)C(=O)O)c(Cl)cc1OCc1ccc(Cl)cc1Cl. The number of carboxylic acid groups (broad SMARTS) is 1. The number of hydrogen-bond donors (Lipinski definition) is 2. The van der Waals surface area contributed by atoms with Gasteiger partial charge in [-0.3, -0.25) is 4.79 Å². The molecular weight excluding hydrogens is 401 g/mol. The van der Waals surface area contributed by atoms with Gasteiger partial charge in [0.15, 0.2) is 11.5 Å². The van der Waals surface area contributed by atoms with E-state index in [4.69, 9.17) is 49.4 Å². The molecule has 0 aromatic heterocycles. The molecule has 2 aromatic carbocycles. The summed E-state index contributed by atoms with van der Waals surface area (Å²) in [5, 5.41) is 13.3. The van der Waals surface area contributed by atoms with Crippen molar-refractivity contribution in [1.82, 2.24) is 5.32 Å². The lowest BCUT2D eigenvalue weighted by atomic mass is 10.1. The van der Waals surface area contributed by atoms with Gasteiger partial charge in [0.2, 0.25) is 0 Å². The van der Waals surface area contributed by atoms with Gasteiger partial charge in [0.1, 0.15) is 12.6 Å². The van der Waals surface area contributed by atoms with Crippen LogP contribution in [0.3, 0.4) is 0 Å². The molecule has 0 saturated heterocycles. The minimum Gasteiger partial charge on any atom is -0.493 e. The number of ether oxygens (including phenoxy) is 2. The Balaban J connectivity index is 2.13. The van der Waals surface area contributed by atoms with E-state index in [9.17, 15) is 4.79 Å². The van der Waals surface area contributed by atoms with E-state index in [0.717, 1.165) is 5.56 Å². The Morgan fingerprint density at radius 1 is 1.12 bits per heavy atom. The van der Waals surface area contributed by atoms with Crippen molar-refractivity contribution in [1.29, 1.82) is 0 Å². The zero-order valence-corrected chi connectivity index (χ0v) is 16.5. The molecule has 0 radical (unpaired) electrons. The van der Waals surface area contributed by atoms with Gasteiger partial charge in [0.05, 0.1) is 7.11 Å². The van der Waals surface area contributed by atoms with Crippen molar-refractivity contribution < 1.29 is 19.4 Å². The zero-order valence-electron chi connectivity index (χ0n) is 14.2. The highest BCUT2D eigenvalue weighted by Crippen LogP contribution is 2.34. The van der Waals surface area contributed by atoms with Crippen molar-refractivity contribution >= 4 is 40.8 Å². The van der Waals surface area contributed by atoms with Crippen molar-refractivity contribution in [3.63, 3.8) is 0 Å². The van der Waals surface area contributed by atoms with Gasteiger partial charge in [-0.15, -0.1) is 0 Å². The first-order valence-electron chi connectivity index (χ1n) is 7.71. The van der Waals surface area contributed by atoms with Crippen LogP contribution in [0, 0.1) is 0 Å². The smallest absolute Gasteiger partial charge is 0.320 e. The Labute approximate surface area is 166 Å². The fraction of sp³-hybridized carbons (Fsp3) is 0.278. The molecule has 0 fully saturated rings. The van der Waals surface area contributed by atoms with E-state index in [1.165, 1.54) is 7.11 Å². The highest BCUT2D eigenvalue weighted by atomic mass is 35.5. The molecule has 1 atom stereocenters. The number of rotatable bonds is 8. The number of aliphatic carboxylic acids is 1. The lowest BCUT2D eigenvalue weighted by molar-refractivity contribution is -0.139. The molecule has 26 heavy (non-hydrogen) atoms. The third-order valence-electron chi connectivity index (χ3n) is 3.70. The van der Waals surface area contributed by atoms with Crippen LogP contribution < -0.4 is 14.8 Å². The summed E-state index contributed by atoms with van der Waals surface area (Å²) in [6.07, 6.45) is 0. The number of benzene rings is 2. The summed E-state index contributed by atoms with van der Waals surface area (Å²) in [6, 6.07) is 7.80. The van der Waals surface area contributed by atoms with Crippen LogP contribution in [0.15, 0.2) is 30.3 Å². The highest BCUT2D eigenvalue weighted by molar-refractivity contribution is 6.35. The predicted octanol–water partition coefficient (Wildman–Crippen LogP) is 4.80. The molecule has 0 aliphatic heterocycles. The molecule has 0 spiro atoms. The Morgan fingerprint density at radius 2 is 1.81 bits per heavy atom. The first-order chi connectivity index (χ1) is 12.3. The lowest BCUT2D eigenvalue weighted by Crippen LogP contribution is -2.33. The fourth-order valence-electron chi connectivity index (χ4n) is 2.13. The number of methoxy groups -OCH3 is 1. The fourth-order valence-corrected chi connectivity index (χ4v) is 2.81. The van der Waals surface area contributed by atoms with Crippen LogP contribution in [0.25, 0.3) is 0 Å². The standard InChI is InChI=1S/C18H18Cl3NO4/c1-10(18(23)24)22-8-12-5-16(25-2)17(7-15(12)21)26-9-11-3-4-13(19)6-14(11)20/h3-7,10,22H,8-9H2,1-2H3,(H,23,24). The average molecular weight is 419 g/mol. The van der Waals surface area contributed by atoms with Crippen molar-refractivity contribution in [2.75, 3.05) is 7.11 Å². The first-order valence-corrected chi connectivity index (χ1v) is 8.84. The zero-order chi connectivity index (χ0) is 19.3. The summed E-state index contributed by atoms with van der Waals surface area (Å²) in [4.78, 5) is 10.9. The first kappa shape index (κ1) is 20.6. The Morgan fingerprint density at radius 3 is 2.42 bits per heavy atom. The van der Waals surface area contributed by atoms with Gasteiger partial charge in [-0.1, -0.05) is 40.9 Å². The van der Waals surface area contributed by atoms with Gasteiger partial charge in [0, 0.05) is 33.2 Å². The van der Waals surface area contributed by atoms with Crippen LogP contribution in [0.1, 0.15) is 18.1 Å². The third kappa shape index (κ3) is 5.42. The topological polar surface area (TPSA) is 67.8 Å². The molecule has 1 unspecified atom stereocenters. The van der Waals surface area contributed by atoms with E-state index in [2.05, 4.69) is 5.32 Å². The van der Waals surface area contributed by atoms with Gasteiger partial charge in [0.25, 0.3) is 0 Å². The number of carbonyl (C=O) groups is 1. The largest absolute Gasteiger partial charge is 0.493 e. The average Bonchev–Trinajstić information content (AvgIpc) is 2.59. The molecule has 5 nitrogen and oxygen atoms in total. The molecule has 0 bridgehead atoms. The normalized spacial score (nSPS) is 11.9. The maximum atomic E-state index is 10.9. The number of nitrogens with one attached hydrogen (secondary N) is 1. The highest BCUT2D eigenvalue weighted by Gasteiger charge is 2.14. The maximum absolute atomic E-state index is 10.9. The van der Waals surface area contributed by atoms with Crippen molar-refractivity contribution in [2.24, 2.45) is 0 Å². The molecular formula is C18H18Cl3NO4. The Bertz CT molecular complexity index is 798. The summed E-state index contributed by atoms with van der Waals surface area (Å²) in [6.45, 7) is 2.06. The predicted molar refractivity (Wildman–Crippen MR) is 103 cm³/mol. The van der Waals surface area contributed by atoms with E-state index in [0.29, 0.717) is 32.1 Å². The van der Waals surface area contributed by atoms with Crippen LogP contribution in [-0.4, -0.2) is 24.2 Å². The minimum absolute atomic E-state index is 0.219. The van der Waals surface area contributed by atoms with Gasteiger partial charge in [-0.05, 0) is 30.7 Å². The van der Waals surface area contributed by atoms with Crippen molar-refractivity contribution in [2.45, 2.75) is 26.1 Å². The van der Waals surface area contributed by atoms with Crippen molar-refractivity contribution in [3.8, 4) is 11.5 Å². The quantitative estimate of drug-likeness (QED) is 0.645. The maximum Gasteiger partial charge on any atom is 0.320 e. The van der Waals surface area contributed by atoms with Crippen molar-refractivity contribution in [3.05, 3.63) is 56.5 Å². The molecule has 2 aromatic rings. The van der Waals surface area contributed by atoms with E-state index in [1.54, 1.807) is 37.3 Å². The molecule has 0 aliphatic rings. The molecule has 0 heterocycles. The molecule has 2 N–H and O–H groups in total. The molecule has 2 rings (SSSR count). The number of halogens is 3. The van der Waals surface area contributed by atoms with E-state index in [-0.39, 0.29) is 13.2 Å². The monoisotopic (exact) mass is 417 g/mol. The summed E-state index contributed by atoms with van der Waals surface area (Å²) in [5.41, 5.74) is 1.48. The van der Waals surface area contributed by atoms with Crippen LogP contribution >= 0.6 is 34.8 Å². The minimum atomic E-state index is -0.937.